The summed E-state index contributed by atoms with van der Waals surface area (Å²) < 4.78 is 0. The van der Waals surface area contributed by atoms with Gasteiger partial charge in [-0.3, -0.25) is 4.90 Å². The zero-order valence-electron chi connectivity index (χ0n) is 15.5. The molecule has 0 bridgehead atoms. The number of nitrogens with zero attached hydrogens (tertiary/aromatic N) is 3. The van der Waals surface area contributed by atoms with Gasteiger partial charge in [-0.05, 0) is 52.7 Å². The van der Waals surface area contributed by atoms with E-state index in [-0.39, 0.29) is 0 Å². The van der Waals surface area contributed by atoms with E-state index in [1.165, 1.54) is 52.1 Å². The molecule has 0 aromatic rings. The predicted octanol–water partition coefficient (Wildman–Crippen LogP) is 1.72. The van der Waals surface area contributed by atoms with Crippen molar-refractivity contribution in [1.29, 1.82) is 0 Å². The van der Waals surface area contributed by atoms with Gasteiger partial charge in [0.05, 0.1) is 0 Å². The first kappa shape index (κ1) is 18.2. The molecule has 2 aliphatic heterocycles. The van der Waals surface area contributed by atoms with Crippen LogP contribution < -0.4 is 5.32 Å². The molecule has 2 fully saturated rings. The Morgan fingerprint density at radius 2 is 1.45 bits per heavy atom. The van der Waals surface area contributed by atoms with Crippen molar-refractivity contribution in [1.82, 2.24) is 20.0 Å². The van der Waals surface area contributed by atoms with Crippen molar-refractivity contribution in [2.45, 2.75) is 58.7 Å². The van der Waals surface area contributed by atoms with Crippen LogP contribution in [0.1, 0.15) is 40.5 Å². The van der Waals surface area contributed by atoms with Gasteiger partial charge in [0.1, 0.15) is 0 Å². The fourth-order valence-electron chi connectivity index (χ4n) is 3.85. The predicted molar refractivity (Wildman–Crippen MR) is 95.4 cm³/mol. The summed E-state index contributed by atoms with van der Waals surface area (Å²) >= 11 is 0. The number of likely N-dealkylation sites (N-methyl/N-ethyl adjacent to an activating group) is 1. The Bertz CT molecular complexity index is 302. The molecule has 22 heavy (non-hydrogen) atoms. The topological polar surface area (TPSA) is 21.8 Å². The maximum absolute atomic E-state index is 3.89. The molecular weight excluding hydrogens is 272 g/mol. The van der Waals surface area contributed by atoms with Crippen LogP contribution >= 0.6 is 0 Å². The van der Waals surface area contributed by atoms with E-state index in [9.17, 15) is 0 Å². The van der Waals surface area contributed by atoms with Crippen LogP contribution in [0, 0.1) is 5.92 Å². The largest absolute Gasteiger partial charge is 0.312 e. The lowest BCUT2D eigenvalue weighted by molar-refractivity contribution is 0.0823. The zero-order chi connectivity index (χ0) is 16.1. The highest BCUT2D eigenvalue weighted by Crippen LogP contribution is 2.16. The second-order valence-electron chi connectivity index (χ2n) is 7.96. The zero-order valence-corrected chi connectivity index (χ0v) is 15.5. The minimum Gasteiger partial charge on any atom is -0.312 e. The smallest absolute Gasteiger partial charge is 0.0244 e. The van der Waals surface area contributed by atoms with Crippen LogP contribution in [0.2, 0.25) is 0 Å². The Balaban J connectivity index is 1.75. The fraction of sp³-hybridized carbons (Fsp3) is 1.00. The van der Waals surface area contributed by atoms with Crippen molar-refractivity contribution < 1.29 is 0 Å². The maximum atomic E-state index is 3.89. The van der Waals surface area contributed by atoms with E-state index in [0.29, 0.717) is 12.1 Å². The van der Waals surface area contributed by atoms with Crippen LogP contribution in [0.3, 0.4) is 0 Å². The number of nitrogens with one attached hydrogen (secondary N) is 1. The maximum Gasteiger partial charge on any atom is 0.0244 e. The first-order valence-electron chi connectivity index (χ1n) is 9.37. The lowest BCUT2D eigenvalue weighted by Gasteiger charge is -2.41. The summed E-state index contributed by atoms with van der Waals surface area (Å²) in [6.45, 7) is 18.0. The van der Waals surface area contributed by atoms with E-state index in [1.807, 2.05) is 0 Å². The minimum absolute atomic E-state index is 0.692. The number of hydrogen-bond donors (Lipinski definition) is 1. The SMILES string of the molecule is CC(C)C(CNC1CCN(C(C)C)CC1)N1CCN(C)CC1. The van der Waals surface area contributed by atoms with Crippen molar-refractivity contribution in [3.05, 3.63) is 0 Å². The lowest BCUT2D eigenvalue weighted by Crippen LogP contribution is -2.55. The average Bonchev–Trinajstić information content (AvgIpc) is 2.49. The van der Waals surface area contributed by atoms with Crippen molar-refractivity contribution in [3.63, 3.8) is 0 Å². The van der Waals surface area contributed by atoms with E-state index >= 15 is 0 Å². The molecule has 0 aliphatic carbocycles. The molecule has 0 saturated carbocycles. The van der Waals surface area contributed by atoms with Gasteiger partial charge in [-0.25, -0.2) is 0 Å². The van der Waals surface area contributed by atoms with Crippen LogP contribution in [-0.4, -0.2) is 85.7 Å². The molecule has 4 nitrogen and oxygen atoms in total. The Morgan fingerprint density at radius 3 is 1.95 bits per heavy atom. The highest BCUT2D eigenvalue weighted by molar-refractivity contribution is 4.85. The van der Waals surface area contributed by atoms with Crippen molar-refractivity contribution >= 4 is 0 Å². The Morgan fingerprint density at radius 1 is 0.864 bits per heavy atom. The molecule has 0 amide bonds. The van der Waals surface area contributed by atoms with E-state index in [4.69, 9.17) is 0 Å². The number of rotatable bonds is 6. The molecule has 1 atom stereocenters. The fourth-order valence-corrected chi connectivity index (χ4v) is 3.85. The molecule has 0 aromatic carbocycles. The molecule has 2 heterocycles. The van der Waals surface area contributed by atoms with Crippen molar-refractivity contribution in [2.24, 2.45) is 5.92 Å². The van der Waals surface area contributed by atoms with Crippen LogP contribution in [0.15, 0.2) is 0 Å². The van der Waals surface area contributed by atoms with Crippen LogP contribution in [-0.2, 0) is 0 Å². The molecule has 2 aliphatic rings. The summed E-state index contributed by atoms with van der Waals surface area (Å²) in [5.74, 6) is 0.728. The molecule has 1 N–H and O–H groups in total. The van der Waals surface area contributed by atoms with Crippen LogP contribution in [0.5, 0.6) is 0 Å². The average molecular weight is 311 g/mol. The summed E-state index contributed by atoms with van der Waals surface area (Å²) in [5, 5.41) is 3.89. The number of likely N-dealkylation sites (tertiary alicyclic amines) is 1. The molecule has 130 valence electrons. The third-order valence-corrected chi connectivity index (χ3v) is 5.65. The second kappa shape index (κ2) is 8.62. The number of piperidine rings is 1. The first-order valence-corrected chi connectivity index (χ1v) is 9.37. The Labute approximate surface area is 138 Å². The summed E-state index contributed by atoms with van der Waals surface area (Å²) in [6.07, 6.45) is 2.62. The van der Waals surface area contributed by atoms with Gasteiger partial charge in [0.2, 0.25) is 0 Å². The summed E-state index contributed by atoms with van der Waals surface area (Å²) in [7, 11) is 2.24. The summed E-state index contributed by atoms with van der Waals surface area (Å²) in [4.78, 5) is 7.77. The molecule has 0 radical (unpaired) electrons. The monoisotopic (exact) mass is 310 g/mol. The highest BCUT2D eigenvalue weighted by atomic mass is 15.3. The van der Waals surface area contributed by atoms with Gasteiger partial charge in [-0.15, -0.1) is 0 Å². The highest BCUT2D eigenvalue weighted by Gasteiger charge is 2.26. The second-order valence-corrected chi connectivity index (χ2v) is 7.96. The normalized spacial score (nSPS) is 25.2. The van der Waals surface area contributed by atoms with Gasteiger partial charge in [0.25, 0.3) is 0 Å². The van der Waals surface area contributed by atoms with E-state index in [0.717, 1.165) is 18.5 Å². The Kier molecular flexibility index (Phi) is 7.13. The summed E-state index contributed by atoms with van der Waals surface area (Å²) in [6, 6.07) is 2.12. The Hall–Kier alpha value is -0.160. The number of hydrogen-bond acceptors (Lipinski definition) is 4. The molecule has 2 saturated heterocycles. The lowest BCUT2D eigenvalue weighted by atomic mass is 9.99. The molecule has 1 unspecified atom stereocenters. The van der Waals surface area contributed by atoms with Crippen molar-refractivity contribution in [2.75, 3.05) is 52.9 Å². The minimum atomic E-state index is 0.692. The summed E-state index contributed by atoms with van der Waals surface area (Å²) in [5.41, 5.74) is 0. The molecule has 0 aromatic heterocycles. The first-order chi connectivity index (χ1) is 10.5. The third-order valence-electron chi connectivity index (χ3n) is 5.65. The van der Waals surface area contributed by atoms with Gasteiger partial charge < -0.3 is 15.1 Å². The third kappa shape index (κ3) is 5.19. The van der Waals surface area contributed by atoms with Gasteiger partial charge >= 0.3 is 0 Å². The van der Waals surface area contributed by atoms with Crippen LogP contribution in [0.4, 0.5) is 0 Å². The van der Waals surface area contributed by atoms with E-state index in [2.05, 4.69) is 54.8 Å². The van der Waals surface area contributed by atoms with Gasteiger partial charge in [-0.1, -0.05) is 13.8 Å². The molecule has 4 heteroatoms. The van der Waals surface area contributed by atoms with Gasteiger partial charge in [-0.2, -0.15) is 0 Å². The number of piperazine rings is 1. The van der Waals surface area contributed by atoms with Gasteiger partial charge in [0.15, 0.2) is 0 Å². The molecular formula is C18H38N4. The quantitative estimate of drug-likeness (QED) is 0.806. The van der Waals surface area contributed by atoms with E-state index in [1.54, 1.807) is 0 Å². The standard InChI is InChI=1S/C18H38N4/c1-15(2)18(22-12-10-20(5)11-13-22)14-19-17-6-8-21(9-7-17)16(3)4/h15-19H,6-14H2,1-5H3. The molecule has 2 rings (SSSR count). The van der Waals surface area contributed by atoms with Crippen LogP contribution in [0.25, 0.3) is 0 Å². The van der Waals surface area contributed by atoms with E-state index < -0.39 is 0 Å². The van der Waals surface area contributed by atoms with Gasteiger partial charge in [0, 0.05) is 50.8 Å². The molecule has 0 spiro atoms. The van der Waals surface area contributed by atoms with Crippen molar-refractivity contribution in [3.8, 4) is 0 Å².